The van der Waals surface area contributed by atoms with Crippen LogP contribution in [-0.4, -0.2) is 44.3 Å². The van der Waals surface area contributed by atoms with Gasteiger partial charge in [-0.25, -0.2) is 0 Å². The predicted molar refractivity (Wildman–Crippen MR) is 110 cm³/mol. The third-order valence-corrected chi connectivity index (χ3v) is 5.81. The Labute approximate surface area is 182 Å². The molecule has 0 spiro atoms. The van der Waals surface area contributed by atoms with Crippen LogP contribution in [-0.2, 0) is 39.8 Å². The summed E-state index contributed by atoms with van der Waals surface area (Å²) in [5.41, 5.74) is 8.65. The van der Waals surface area contributed by atoms with E-state index >= 15 is 0 Å². The number of amides is 3. The van der Waals surface area contributed by atoms with Gasteiger partial charge in [0.2, 0.25) is 11.2 Å². The lowest BCUT2D eigenvalue weighted by atomic mass is 9.72. The third-order valence-electron chi connectivity index (χ3n) is 5.56. The molecular formula is C21H20ClN3O6. The topological polar surface area (TPSA) is 134 Å². The summed E-state index contributed by atoms with van der Waals surface area (Å²) < 4.78 is 16.6. The number of anilines is 1. The summed E-state index contributed by atoms with van der Waals surface area (Å²) in [6, 6.07) is 12.5. The first kappa shape index (κ1) is 21.3. The van der Waals surface area contributed by atoms with Crippen molar-refractivity contribution in [1.82, 2.24) is 0 Å². The van der Waals surface area contributed by atoms with E-state index in [1.54, 1.807) is 41.3 Å². The smallest absolute Gasteiger partial charge is 0.258 e. The van der Waals surface area contributed by atoms with Gasteiger partial charge in [0.15, 0.2) is 6.79 Å². The Balaban J connectivity index is 1.84. The van der Waals surface area contributed by atoms with E-state index in [9.17, 15) is 14.4 Å². The summed E-state index contributed by atoms with van der Waals surface area (Å²) in [6.45, 7) is 0.412. The van der Waals surface area contributed by atoms with E-state index in [0.29, 0.717) is 23.9 Å². The van der Waals surface area contributed by atoms with Crippen molar-refractivity contribution in [3.05, 3.63) is 64.7 Å². The maximum absolute atomic E-state index is 12.8. The van der Waals surface area contributed by atoms with Crippen LogP contribution < -0.4 is 16.4 Å². The van der Waals surface area contributed by atoms with Gasteiger partial charge in [-0.1, -0.05) is 35.9 Å². The molecule has 2 aromatic carbocycles. The number of hydrogen-bond donors (Lipinski definition) is 2. The van der Waals surface area contributed by atoms with Crippen LogP contribution in [0.15, 0.2) is 48.5 Å². The van der Waals surface area contributed by atoms with Crippen molar-refractivity contribution in [2.24, 2.45) is 11.5 Å². The summed E-state index contributed by atoms with van der Waals surface area (Å²) in [5, 5.41) is 0.423. The van der Waals surface area contributed by atoms with Gasteiger partial charge in [-0.15, -0.1) is 0 Å². The molecule has 2 heterocycles. The monoisotopic (exact) mass is 445 g/mol. The molecule has 162 valence electrons. The summed E-state index contributed by atoms with van der Waals surface area (Å²) in [4.78, 5) is 39.3. The van der Waals surface area contributed by atoms with E-state index in [4.69, 9.17) is 37.3 Å². The van der Waals surface area contributed by atoms with Crippen molar-refractivity contribution in [2.75, 3.05) is 31.5 Å². The van der Waals surface area contributed by atoms with E-state index in [-0.39, 0.29) is 23.6 Å². The minimum Gasteiger partial charge on any atom is -0.370 e. The molecule has 2 aliphatic rings. The summed E-state index contributed by atoms with van der Waals surface area (Å²) >= 11 is 5.98. The molecule has 10 heteroatoms. The van der Waals surface area contributed by atoms with Crippen molar-refractivity contribution >= 4 is 35.0 Å². The van der Waals surface area contributed by atoms with E-state index < -0.39 is 29.8 Å². The molecule has 0 saturated carbocycles. The highest BCUT2D eigenvalue weighted by atomic mass is 35.5. The zero-order valence-electron chi connectivity index (χ0n) is 16.4. The van der Waals surface area contributed by atoms with Gasteiger partial charge in [-0.05, 0) is 35.4 Å². The molecule has 0 aliphatic carbocycles. The highest BCUT2D eigenvalue weighted by molar-refractivity contribution is 6.30. The minimum absolute atomic E-state index is 0.00865. The second kappa shape index (κ2) is 7.93. The number of carbonyl (C=O) groups excluding carboxylic acids is 3. The van der Waals surface area contributed by atoms with Gasteiger partial charge in [0.05, 0.1) is 6.61 Å². The lowest BCUT2D eigenvalue weighted by Crippen LogP contribution is -2.61. The molecule has 4 rings (SSSR count). The standard InChI is InChI=1S/C21H20ClN3O6/c22-15-5-1-13(2-6-15)20(18(23)27)21(19(24)28,31-12-30-20)14-3-7-16(8-4-14)25-9-10-29-11-17(25)26/h1-8H,9-12H2,(H2,23,27)(H2,24,28). The summed E-state index contributed by atoms with van der Waals surface area (Å²) in [7, 11) is 0. The molecule has 0 radical (unpaired) electrons. The molecule has 2 unspecified atom stereocenters. The number of hydrogen-bond acceptors (Lipinski definition) is 6. The van der Waals surface area contributed by atoms with Crippen molar-refractivity contribution in [3.63, 3.8) is 0 Å². The van der Waals surface area contributed by atoms with Crippen LogP contribution >= 0.6 is 11.6 Å². The van der Waals surface area contributed by atoms with E-state index in [2.05, 4.69) is 0 Å². The Morgan fingerprint density at radius 1 is 0.903 bits per heavy atom. The number of halogens is 1. The molecule has 2 aliphatic heterocycles. The average Bonchev–Trinajstić information content (AvgIpc) is 3.17. The van der Waals surface area contributed by atoms with Crippen molar-refractivity contribution < 1.29 is 28.6 Å². The van der Waals surface area contributed by atoms with E-state index in [1.807, 2.05) is 0 Å². The second-order valence-electron chi connectivity index (χ2n) is 7.15. The zero-order chi connectivity index (χ0) is 22.2. The number of rotatable bonds is 5. The summed E-state index contributed by atoms with van der Waals surface area (Å²) in [6.07, 6.45) is 0. The fraction of sp³-hybridized carbons (Fsp3) is 0.286. The Hall–Kier alpha value is -2.98. The molecule has 4 N–H and O–H groups in total. The highest BCUT2D eigenvalue weighted by Crippen LogP contribution is 2.51. The van der Waals surface area contributed by atoms with Gasteiger partial charge < -0.3 is 30.6 Å². The molecule has 3 amide bonds. The lowest BCUT2D eigenvalue weighted by Gasteiger charge is -2.39. The van der Waals surface area contributed by atoms with Crippen molar-refractivity contribution in [1.29, 1.82) is 0 Å². The number of ether oxygens (including phenoxy) is 3. The Morgan fingerprint density at radius 3 is 1.90 bits per heavy atom. The Kier molecular flexibility index (Phi) is 5.44. The number of benzene rings is 2. The first-order valence-corrected chi connectivity index (χ1v) is 9.83. The maximum Gasteiger partial charge on any atom is 0.258 e. The predicted octanol–water partition coefficient (Wildman–Crippen LogP) is 0.769. The van der Waals surface area contributed by atoms with Gasteiger partial charge in [0.25, 0.3) is 17.7 Å². The molecule has 2 aromatic rings. The average molecular weight is 446 g/mol. The third kappa shape index (κ3) is 3.17. The van der Waals surface area contributed by atoms with Gasteiger partial charge >= 0.3 is 0 Å². The first-order chi connectivity index (χ1) is 14.8. The Bertz CT molecular complexity index is 1030. The molecule has 9 nitrogen and oxygen atoms in total. The van der Waals surface area contributed by atoms with Crippen molar-refractivity contribution in [3.8, 4) is 0 Å². The molecule has 31 heavy (non-hydrogen) atoms. The number of nitrogens with zero attached hydrogens (tertiary/aromatic N) is 1. The largest absolute Gasteiger partial charge is 0.370 e. The summed E-state index contributed by atoms with van der Waals surface area (Å²) in [5.74, 6) is -2.08. The van der Waals surface area contributed by atoms with E-state index in [0.717, 1.165) is 0 Å². The highest BCUT2D eigenvalue weighted by Gasteiger charge is 2.68. The van der Waals surface area contributed by atoms with Gasteiger partial charge in [-0.3, -0.25) is 14.4 Å². The van der Waals surface area contributed by atoms with Crippen molar-refractivity contribution in [2.45, 2.75) is 11.2 Å². The maximum atomic E-state index is 12.8. The van der Waals surface area contributed by atoms with E-state index in [1.165, 1.54) is 12.1 Å². The van der Waals surface area contributed by atoms with Gasteiger partial charge in [-0.2, -0.15) is 0 Å². The molecule has 0 aromatic heterocycles. The Morgan fingerprint density at radius 2 is 1.42 bits per heavy atom. The molecule has 2 fully saturated rings. The number of morpholine rings is 1. The quantitative estimate of drug-likeness (QED) is 0.698. The normalized spacial score (nSPS) is 26.1. The second-order valence-corrected chi connectivity index (χ2v) is 7.59. The van der Waals surface area contributed by atoms with Crippen LogP contribution in [0.1, 0.15) is 11.1 Å². The zero-order valence-corrected chi connectivity index (χ0v) is 17.1. The van der Waals surface area contributed by atoms with Gasteiger partial charge in [0.1, 0.15) is 6.61 Å². The lowest BCUT2D eigenvalue weighted by molar-refractivity contribution is -0.159. The number of primary amides is 2. The fourth-order valence-electron chi connectivity index (χ4n) is 4.11. The van der Waals surface area contributed by atoms with Crippen LogP contribution in [0.3, 0.4) is 0 Å². The first-order valence-electron chi connectivity index (χ1n) is 9.45. The molecule has 2 saturated heterocycles. The molecule has 2 atom stereocenters. The van der Waals surface area contributed by atoms with Crippen LogP contribution in [0.2, 0.25) is 5.02 Å². The number of carbonyl (C=O) groups is 3. The molecular weight excluding hydrogens is 426 g/mol. The van der Waals surface area contributed by atoms with Crippen LogP contribution in [0, 0.1) is 0 Å². The van der Waals surface area contributed by atoms with Crippen LogP contribution in [0.5, 0.6) is 0 Å². The fourth-order valence-corrected chi connectivity index (χ4v) is 4.23. The minimum atomic E-state index is -2.03. The van der Waals surface area contributed by atoms with Gasteiger partial charge in [0, 0.05) is 17.3 Å². The SMILES string of the molecule is NC(=O)C1(c2ccc(Cl)cc2)OCOC1(C(N)=O)c1ccc(N2CCOCC2=O)cc1. The number of nitrogens with two attached hydrogens (primary N) is 2. The van der Waals surface area contributed by atoms with Crippen LogP contribution in [0.4, 0.5) is 5.69 Å². The van der Waals surface area contributed by atoms with Crippen LogP contribution in [0.25, 0.3) is 0 Å². The molecule has 0 bridgehead atoms.